The molecule has 1 saturated carbocycles. The quantitative estimate of drug-likeness (QED) is 0.594. The first-order valence-electron chi connectivity index (χ1n) is 7.12. The molecule has 0 spiro atoms. The number of rotatable bonds is 2. The number of hydrogen-bond donors (Lipinski definition) is 1. The van der Waals surface area contributed by atoms with Crippen molar-refractivity contribution in [1.29, 1.82) is 0 Å². The van der Waals surface area contributed by atoms with Gasteiger partial charge < -0.3 is 10.1 Å². The van der Waals surface area contributed by atoms with Crippen LogP contribution in [0.1, 0.15) is 58.3 Å². The van der Waals surface area contributed by atoms with Crippen molar-refractivity contribution in [3.05, 3.63) is 0 Å². The van der Waals surface area contributed by atoms with Crippen LogP contribution >= 0.6 is 0 Å². The van der Waals surface area contributed by atoms with Gasteiger partial charge in [0.2, 0.25) is 0 Å². The monoisotopic (exact) mass is 239 g/mol. The highest BCUT2D eigenvalue weighted by Gasteiger charge is 2.37. The first kappa shape index (κ1) is 12.9. The van der Waals surface area contributed by atoms with E-state index in [4.69, 9.17) is 4.74 Å². The van der Waals surface area contributed by atoms with Gasteiger partial charge in [-0.15, -0.1) is 0 Å². The second-order valence-electron chi connectivity index (χ2n) is 5.83. The van der Waals surface area contributed by atoms with Crippen molar-refractivity contribution in [1.82, 2.24) is 5.32 Å². The third-order valence-electron chi connectivity index (χ3n) is 4.28. The van der Waals surface area contributed by atoms with Gasteiger partial charge in [0.1, 0.15) is 6.10 Å². The van der Waals surface area contributed by atoms with Gasteiger partial charge in [0, 0.05) is 0 Å². The van der Waals surface area contributed by atoms with Gasteiger partial charge >= 0.3 is 5.97 Å². The van der Waals surface area contributed by atoms with Gasteiger partial charge in [0.05, 0.1) is 5.41 Å². The molecule has 0 unspecified atom stereocenters. The number of carbonyl (C=O) groups is 1. The summed E-state index contributed by atoms with van der Waals surface area (Å²) < 4.78 is 5.75. The maximum absolute atomic E-state index is 12.3. The maximum atomic E-state index is 12.3. The minimum absolute atomic E-state index is 0.0471. The summed E-state index contributed by atoms with van der Waals surface area (Å²) in [5, 5.41) is 3.30. The Bertz CT molecular complexity index is 251. The second kappa shape index (κ2) is 5.85. The minimum Gasteiger partial charge on any atom is -0.462 e. The summed E-state index contributed by atoms with van der Waals surface area (Å²) in [5.41, 5.74) is -0.239. The molecular weight excluding hydrogens is 214 g/mol. The predicted molar refractivity (Wildman–Crippen MR) is 67.8 cm³/mol. The van der Waals surface area contributed by atoms with Crippen LogP contribution in [0.15, 0.2) is 0 Å². The van der Waals surface area contributed by atoms with Crippen LogP contribution in [0.2, 0.25) is 0 Å². The Balaban J connectivity index is 1.86. The number of carbonyl (C=O) groups excluding carboxylic acids is 1. The Hall–Kier alpha value is -0.570. The molecule has 3 heteroatoms. The molecule has 0 aromatic heterocycles. The Morgan fingerprint density at radius 1 is 1.12 bits per heavy atom. The van der Waals surface area contributed by atoms with E-state index in [0.29, 0.717) is 0 Å². The van der Waals surface area contributed by atoms with Crippen molar-refractivity contribution < 1.29 is 9.53 Å². The van der Waals surface area contributed by atoms with Crippen LogP contribution in [-0.2, 0) is 9.53 Å². The average Bonchev–Trinajstić information content (AvgIpc) is 2.58. The lowest BCUT2D eigenvalue weighted by Crippen LogP contribution is -2.42. The minimum atomic E-state index is -0.239. The molecule has 1 heterocycles. The van der Waals surface area contributed by atoms with Crippen molar-refractivity contribution in [2.75, 3.05) is 13.1 Å². The van der Waals surface area contributed by atoms with Gasteiger partial charge in [-0.3, -0.25) is 4.79 Å². The predicted octanol–water partition coefficient (Wildman–Crippen LogP) is 2.64. The summed E-state index contributed by atoms with van der Waals surface area (Å²) in [6, 6.07) is 0. The molecule has 98 valence electrons. The van der Waals surface area contributed by atoms with Gasteiger partial charge in [-0.2, -0.15) is 0 Å². The topological polar surface area (TPSA) is 38.3 Å². The van der Waals surface area contributed by atoms with Crippen LogP contribution in [0.25, 0.3) is 0 Å². The largest absolute Gasteiger partial charge is 0.462 e. The lowest BCUT2D eigenvalue weighted by Gasteiger charge is -2.33. The lowest BCUT2D eigenvalue weighted by atomic mass is 9.81. The molecule has 2 fully saturated rings. The number of ether oxygens (including phenoxy) is 1. The number of nitrogens with one attached hydrogen (secondary N) is 1. The number of hydrogen-bond acceptors (Lipinski definition) is 3. The van der Waals surface area contributed by atoms with Gasteiger partial charge in [-0.1, -0.05) is 12.8 Å². The molecule has 1 saturated heterocycles. The van der Waals surface area contributed by atoms with Crippen molar-refractivity contribution in [2.45, 2.75) is 64.4 Å². The molecule has 1 aliphatic carbocycles. The Labute approximate surface area is 104 Å². The number of esters is 1. The second-order valence-corrected chi connectivity index (χ2v) is 5.83. The molecule has 0 amide bonds. The highest BCUT2D eigenvalue weighted by Crippen LogP contribution is 2.31. The normalized spacial score (nSPS) is 26.2. The van der Waals surface area contributed by atoms with Crippen molar-refractivity contribution >= 4 is 5.97 Å². The zero-order valence-electron chi connectivity index (χ0n) is 11.0. The van der Waals surface area contributed by atoms with Crippen LogP contribution in [-0.4, -0.2) is 25.2 Å². The smallest absolute Gasteiger partial charge is 0.312 e. The van der Waals surface area contributed by atoms with E-state index >= 15 is 0 Å². The standard InChI is InChI=1S/C14H25NO2/c1-14(8-10-15-11-9-14)13(16)17-12-6-4-2-3-5-7-12/h12,15H,2-11H2,1H3. The maximum Gasteiger partial charge on any atom is 0.312 e. The molecule has 0 bridgehead atoms. The van der Waals surface area contributed by atoms with Gasteiger partial charge in [0.15, 0.2) is 0 Å². The zero-order chi connectivity index (χ0) is 12.1. The van der Waals surface area contributed by atoms with Crippen LogP contribution in [0.5, 0.6) is 0 Å². The summed E-state index contributed by atoms with van der Waals surface area (Å²) in [6.45, 7) is 3.94. The number of piperidine rings is 1. The van der Waals surface area contributed by atoms with Gasteiger partial charge in [0.25, 0.3) is 0 Å². The average molecular weight is 239 g/mol. The summed E-state index contributed by atoms with van der Waals surface area (Å²) in [4.78, 5) is 12.3. The Kier molecular flexibility index (Phi) is 4.43. The first-order valence-corrected chi connectivity index (χ1v) is 7.12. The summed E-state index contributed by atoms with van der Waals surface area (Å²) in [7, 11) is 0. The van der Waals surface area contributed by atoms with E-state index in [9.17, 15) is 4.79 Å². The molecule has 3 nitrogen and oxygen atoms in total. The molecule has 0 atom stereocenters. The molecule has 0 aromatic carbocycles. The Morgan fingerprint density at radius 2 is 1.71 bits per heavy atom. The van der Waals surface area contributed by atoms with Crippen LogP contribution < -0.4 is 5.32 Å². The summed E-state index contributed by atoms with van der Waals surface area (Å²) >= 11 is 0. The molecular formula is C14H25NO2. The molecule has 0 radical (unpaired) electrons. The summed E-state index contributed by atoms with van der Waals surface area (Å²) in [5.74, 6) is 0.0471. The Morgan fingerprint density at radius 3 is 2.29 bits per heavy atom. The molecule has 2 rings (SSSR count). The van der Waals surface area contributed by atoms with Crippen LogP contribution in [0, 0.1) is 5.41 Å². The van der Waals surface area contributed by atoms with Gasteiger partial charge in [-0.05, 0) is 58.5 Å². The van der Waals surface area contributed by atoms with Crippen molar-refractivity contribution in [2.24, 2.45) is 5.41 Å². The molecule has 1 N–H and O–H groups in total. The van der Waals surface area contributed by atoms with E-state index in [2.05, 4.69) is 12.2 Å². The van der Waals surface area contributed by atoms with Crippen molar-refractivity contribution in [3.8, 4) is 0 Å². The fraction of sp³-hybridized carbons (Fsp3) is 0.929. The third kappa shape index (κ3) is 3.44. The van der Waals surface area contributed by atoms with Gasteiger partial charge in [-0.25, -0.2) is 0 Å². The highest BCUT2D eigenvalue weighted by molar-refractivity contribution is 5.76. The van der Waals surface area contributed by atoms with Crippen LogP contribution in [0.3, 0.4) is 0 Å². The molecule has 2 aliphatic rings. The van der Waals surface area contributed by atoms with E-state index < -0.39 is 0 Å². The fourth-order valence-electron chi connectivity index (χ4n) is 2.84. The fourth-order valence-corrected chi connectivity index (χ4v) is 2.84. The van der Waals surface area contributed by atoms with Crippen molar-refractivity contribution in [3.63, 3.8) is 0 Å². The van der Waals surface area contributed by atoms with E-state index in [1.54, 1.807) is 0 Å². The van der Waals surface area contributed by atoms with Crippen LogP contribution in [0.4, 0.5) is 0 Å². The lowest BCUT2D eigenvalue weighted by molar-refractivity contribution is -0.162. The van der Waals surface area contributed by atoms with E-state index in [1.807, 2.05) is 0 Å². The van der Waals surface area contributed by atoms with E-state index in [-0.39, 0.29) is 17.5 Å². The molecule has 17 heavy (non-hydrogen) atoms. The SMILES string of the molecule is CC1(C(=O)OC2CCCCCC2)CCNCC1. The molecule has 0 aromatic rings. The third-order valence-corrected chi connectivity index (χ3v) is 4.28. The summed E-state index contributed by atoms with van der Waals surface area (Å²) in [6.07, 6.45) is 9.20. The van der Waals surface area contributed by atoms with E-state index in [0.717, 1.165) is 38.8 Å². The zero-order valence-corrected chi connectivity index (χ0v) is 11.0. The highest BCUT2D eigenvalue weighted by atomic mass is 16.5. The molecule has 1 aliphatic heterocycles. The van der Waals surface area contributed by atoms with E-state index in [1.165, 1.54) is 25.7 Å². The first-order chi connectivity index (χ1) is 8.21.